The molecule has 4 heterocycles. The van der Waals surface area contributed by atoms with Crippen LogP contribution in [0.2, 0.25) is 5.02 Å². The maximum atomic E-state index is 12.9. The van der Waals surface area contributed by atoms with Gasteiger partial charge in [0, 0.05) is 31.6 Å². The fourth-order valence-corrected chi connectivity index (χ4v) is 4.73. The molecular weight excluding hydrogens is 430 g/mol. The summed E-state index contributed by atoms with van der Waals surface area (Å²) < 4.78 is 33.5. The molecule has 0 aliphatic carbocycles. The van der Waals surface area contributed by atoms with E-state index in [4.69, 9.17) is 16.3 Å². The molecule has 2 aliphatic rings. The van der Waals surface area contributed by atoms with E-state index >= 15 is 0 Å². The number of rotatable bonds is 4. The second-order valence-electron chi connectivity index (χ2n) is 8.24. The van der Waals surface area contributed by atoms with E-state index in [1.165, 1.54) is 12.4 Å². The molecule has 2 atom stereocenters. The van der Waals surface area contributed by atoms with Crippen molar-refractivity contribution in [2.45, 2.75) is 25.1 Å². The van der Waals surface area contributed by atoms with Crippen LogP contribution in [0.3, 0.4) is 0 Å². The van der Waals surface area contributed by atoms with E-state index in [1.807, 2.05) is 19.1 Å². The topological polar surface area (TPSA) is 71.6 Å². The molecule has 1 N–H and O–H groups in total. The number of fused-ring (bicyclic) bond motifs is 1. The van der Waals surface area contributed by atoms with Crippen molar-refractivity contribution in [3.8, 4) is 5.69 Å². The smallest absolute Gasteiger partial charge is 0.333 e. The van der Waals surface area contributed by atoms with Crippen molar-refractivity contribution >= 4 is 28.2 Å². The molecule has 0 bridgehead atoms. The highest BCUT2D eigenvalue weighted by Gasteiger charge is 2.44. The third kappa shape index (κ3) is 3.47. The number of hydrogen-bond acceptors (Lipinski definition) is 6. The fourth-order valence-electron chi connectivity index (χ4n) is 4.44. The van der Waals surface area contributed by atoms with Crippen LogP contribution >= 0.6 is 11.6 Å². The van der Waals surface area contributed by atoms with Gasteiger partial charge in [-0.05, 0) is 19.1 Å². The molecule has 5 rings (SSSR count). The largest absolute Gasteiger partial charge is 0.389 e. The van der Waals surface area contributed by atoms with Crippen molar-refractivity contribution in [2.24, 2.45) is 0 Å². The molecule has 0 radical (unpaired) electrons. The molecule has 2 fully saturated rings. The maximum absolute atomic E-state index is 12.9. The van der Waals surface area contributed by atoms with E-state index in [2.05, 4.69) is 20.0 Å². The molecule has 0 spiro atoms. The van der Waals surface area contributed by atoms with E-state index in [1.54, 1.807) is 10.9 Å². The number of aliphatic hydroxyl groups is 1. The Hall–Kier alpha value is -2.27. The average molecular weight is 453 g/mol. The predicted octanol–water partition coefficient (Wildman–Crippen LogP) is 2.54. The fraction of sp³-hybridized carbons (Fsp3) is 0.500. The van der Waals surface area contributed by atoms with Crippen LogP contribution in [0.4, 0.5) is 14.5 Å². The van der Waals surface area contributed by atoms with Gasteiger partial charge in [-0.3, -0.25) is 4.90 Å². The Morgan fingerprint density at radius 1 is 1.19 bits per heavy atom. The molecule has 11 heteroatoms. The van der Waals surface area contributed by atoms with Gasteiger partial charge in [0.2, 0.25) is 0 Å². The van der Waals surface area contributed by atoms with Crippen molar-refractivity contribution in [3.05, 3.63) is 35.7 Å². The minimum Gasteiger partial charge on any atom is -0.389 e. The maximum Gasteiger partial charge on any atom is 0.333 e. The molecule has 0 saturated carbocycles. The zero-order valence-corrected chi connectivity index (χ0v) is 17.7. The minimum atomic E-state index is -2.71. The van der Waals surface area contributed by atoms with Gasteiger partial charge in [-0.25, -0.2) is 9.36 Å². The summed E-state index contributed by atoms with van der Waals surface area (Å²) in [5, 5.41) is 19.8. The summed E-state index contributed by atoms with van der Waals surface area (Å²) in [5.41, 5.74) is 1.72. The monoisotopic (exact) mass is 452 g/mol. The molecule has 2 saturated heterocycles. The number of aromatic nitrogens is 4. The van der Waals surface area contributed by atoms with E-state index in [9.17, 15) is 13.9 Å². The molecule has 2 unspecified atom stereocenters. The third-order valence-electron chi connectivity index (χ3n) is 6.40. The van der Waals surface area contributed by atoms with Gasteiger partial charge in [-0.15, -0.1) is 0 Å². The van der Waals surface area contributed by atoms with Crippen molar-refractivity contribution < 1.29 is 18.6 Å². The molecule has 166 valence electrons. The van der Waals surface area contributed by atoms with Crippen molar-refractivity contribution in [3.63, 3.8) is 0 Å². The van der Waals surface area contributed by atoms with E-state index in [0.717, 1.165) is 42.8 Å². The molecule has 3 aromatic rings. The van der Waals surface area contributed by atoms with Crippen LogP contribution in [-0.2, 0) is 4.74 Å². The predicted molar refractivity (Wildman–Crippen MR) is 112 cm³/mol. The highest BCUT2D eigenvalue weighted by Crippen LogP contribution is 2.34. The van der Waals surface area contributed by atoms with Gasteiger partial charge in [0.05, 0.1) is 59.7 Å². The first-order valence-electron chi connectivity index (χ1n) is 10.1. The number of hydrogen-bond donors (Lipinski definition) is 1. The van der Waals surface area contributed by atoms with Gasteiger partial charge in [-0.2, -0.15) is 19.0 Å². The summed E-state index contributed by atoms with van der Waals surface area (Å²) in [6.07, 6.45) is 3.79. The van der Waals surface area contributed by atoms with Crippen molar-refractivity contribution in [1.82, 2.24) is 24.5 Å². The van der Waals surface area contributed by atoms with Gasteiger partial charge in [0.15, 0.2) is 0 Å². The van der Waals surface area contributed by atoms with Crippen LogP contribution in [0.1, 0.15) is 13.5 Å². The number of halogens is 3. The number of benzene rings is 1. The van der Waals surface area contributed by atoms with Crippen molar-refractivity contribution in [2.75, 3.05) is 44.3 Å². The molecule has 2 aromatic heterocycles. The highest BCUT2D eigenvalue weighted by molar-refractivity contribution is 6.34. The summed E-state index contributed by atoms with van der Waals surface area (Å²) >= 11 is 6.58. The van der Waals surface area contributed by atoms with E-state index in [-0.39, 0.29) is 5.54 Å². The SMILES string of the molecule is CC1(N2CCN(c3cc4c(cnn4-c4cnn(C(F)F)c4)cc3Cl)CC2)COCC1O. The minimum absolute atomic E-state index is 0.366. The van der Waals surface area contributed by atoms with Crippen LogP contribution in [0.15, 0.2) is 30.7 Å². The Kier molecular flexibility index (Phi) is 5.12. The van der Waals surface area contributed by atoms with Crippen molar-refractivity contribution in [1.29, 1.82) is 0 Å². The van der Waals surface area contributed by atoms with Gasteiger partial charge < -0.3 is 14.7 Å². The van der Waals surface area contributed by atoms with Crippen LogP contribution < -0.4 is 4.90 Å². The molecule has 8 nitrogen and oxygen atoms in total. The zero-order chi connectivity index (χ0) is 21.8. The molecular formula is C20H23ClF2N6O2. The lowest BCUT2D eigenvalue weighted by molar-refractivity contribution is 0.00884. The lowest BCUT2D eigenvalue weighted by atomic mass is 9.95. The Morgan fingerprint density at radius 3 is 2.61 bits per heavy atom. The van der Waals surface area contributed by atoms with Gasteiger partial charge in [0.1, 0.15) is 5.69 Å². The van der Waals surface area contributed by atoms with Gasteiger partial charge >= 0.3 is 6.55 Å². The normalized spacial score (nSPS) is 25.2. The lowest BCUT2D eigenvalue weighted by Crippen LogP contribution is -2.60. The number of anilines is 1. The summed E-state index contributed by atoms with van der Waals surface area (Å²) in [4.78, 5) is 4.47. The van der Waals surface area contributed by atoms with E-state index < -0.39 is 12.7 Å². The van der Waals surface area contributed by atoms with Gasteiger partial charge in [0.25, 0.3) is 0 Å². The van der Waals surface area contributed by atoms with Gasteiger partial charge in [-0.1, -0.05) is 11.6 Å². The first-order valence-corrected chi connectivity index (χ1v) is 10.5. The standard InChI is InChI=1S/C20H23ClF2N6O2/c1-20(12-31-11-18(20)30)27-4-2-26(3-5-27)17-7-16-13(6-15(17)21)8-25-29(16)14-9-24-28(10-14)19(22)23/h6-10,18-19,30H,2-5,11-12H2,1H3. The van der Waals surface area contributed by atoms with Crippen LogP contribution in [-0.4, -0.2) is 80.6 Å². The molecule has 31 heavy (non-hydrogen) atoms. The second-order valence-corrected chi connectivity index (χ2v) is 8.64. The molecule has 0 amide bonds. The second kappa shape index (κ2) is 7.70. The number of aliphatic hydroxyl groups excluding tert-OH is 1. The van der Waals surface area contributed by atoms with E-state index in [0.29, 0.717) is 28.6 Å². The number of alkyl halides is 2. The quantitative estimate of drug-likeness (QED) is 0.656. The molecule has 1 aromatic carbocycles. The Morgan fingerprint density at radius 2 is 1.97 bits per heavy atom. The van der Waals surface area contributed by atoms with Crippen LogP contribution in [0, 0.1) is 0 Å². The van der Waals surface area contributed by atoms with Crippen LogP contribution in [0.25, 0.3) is 16.6 Å². The van der Waals surface area contributed by atoms with Crippen LogP contribution in [0.5, 0.6) is 0 Å². The zero-order valence-electron chi connectivity index (χ0n) is 17.0. The Balaban J connectivity index is 1.41. The number of piperazine rings is 1. The summed E-state index contributed by atoms with van der Waals surface area (Å²) in [5.74, 6) is 0. The highest BCUT2D eigenvalue weighted by atomic mass is 35.5. The first kappa shape index (κ1) is 20.6. The summed E-state index contributed by atoms with van der Waals surface area (Å²) in [6, 6.07) is 3.78. The Bertz CT molecular complexity index is 1100. The third-order valence-corrected chi connectivity index (χ3v) is 6.70. The summed E-state index contributed by atoms with van der Waals surface area (Å²) in [6.45, 7) is 3.24. The lowest BCUT2D eigenvalue weighted by Gasteiger charge is -2.45. The summed E-state index contributed by atoms with van der Waals surface area (Å²) in [7, 11) is 0. The Labute approximate surface area is 182 Å². The average Bonchev–Trinajstić information content (AvgIpc) is 3.47. The first-order chi connectivity index (χ1) is 14.9. The molecule has 2 aliphatic heterocycles. The number of ether oxygens (including phenoxy) is 1. The number of nitrogens with zero attached hydrogens (tertiary/aromatic N) is 6.